The van der Waals surface area contributed by atoms with Gasteiger partial charge in [-0.05, 0) is 17.5 Å². The lowest BCUT2D eigenvalue weighted by Crippen LogP contribution is -2.11. The summed E-state index contributed by atoms with van der Waals surface area (Å²) in [5.74, 6) is 6.18. The van der Waals surface area contributed by atoms with E-state index in [9.17, 15) is 0 Å². The SMILES string of the molecule is NNc1nc(OCc2ccccc2Cl)c2ccsc2n1. The highest BCUT2D eigenvalue weighted by Crippen LogP contribution is 2.29. The predicted molar refractivity (Wildman–Crippen MR) is 81.0 cm³/mol. The molecule has 0 saturated heterocycles. The number of fused-ring (bicyclic) bond motifs is 1. The number of hydrazine groups is 1. The first-order valence-electron chi connectivity index (χ1n) is 5.86. The van der Waals surface area contributed by atoms with Crippen LogP contribution in [-0.2, 0) is 6.61 Å². The molecule has 3 rings (SSSR count). The molecule has 7 heteroatoms. The van der Waals surface area contributed by atoms with Crippen LogP contribution in [0.25, 0.3) is 10.2 Å². The fraction of sp³-hybridized carbons (Fsp3) is 0.0769. The van der Waals surface area contributed by atoms with Gasteiger partial charge < -0.3 is 4.74 Å². The van der Waals surface area contributed by atoms with Gasteiger partial charge >= 0.3 is 0 Å². The lowest BCUT2D eigenvalue weighted by atomic mass is 10.2. The molecule has 5 nitrogen and oxygen atoms in total. The van der Waals surface area contributed by atoms with E-state index in [1.165, 1.54) is 11.3 Å². The number of benzene rings is 1. The zero-order chi connectivity index (χ0) is 13.9. The summed E-state index contributed by atoms with van der Waals surface area (Å²) in [5, 5.41) is 3.46. The summed E-state index contributed by atoms with van der Waals surface area (Å²) >= 11 is 7.61. The van der Waals surface area contributed by atoms with Gasteiger partial charge in [-0.15, -0.1) is 11.3 Å². The van der Waals surface area contributed by atoms with Crippen LogP contribution in [-0.4, -0.2) is 9.97 Å². The summed E-state index contributed by atoms with van der Waals surface area (Å²) in [7, 11) is 0. The maximum Gasteiger partial charge on any atom is 0.241 e. The zero-order valence-corrected chi connectivity index (χ0v) is 11.9. The Kier molecular flexibility index (Phi) is 3.68. The first-order chi connectivity index (χ1) is 9.78. The van der Waals surface area contributed by atoms with E-state index in [1.807, 2.05) is 35.7 Å². The molecular formula is C13H11ClN4OS. The van der Waals surface area contributed by atoms with E-state index >= 15 is 0 Å². The third kappa shape index (κ3) is 2.53. The van der Waals surface area contributed by atoms with Gasteiger partial charge in [0.15, 0.2) is 0 Å². The van der Waals surface area contributed by atoms with Crippen LogP contribution < -0.4 is 16.0 Å². The number of nitrogens with zero attached hydrogens (tertiary/aromatic N) is 2. The molecule has 3 N–H and O–H groups in total. The predicted octanol–water partition coefficient (Wildman–Crippen LogP) is 3.21. The minimum Gasteiger partial charge on any atom is -0.472 e. The molecule has 0 bridgehead atoms. The van der Waals surface area contributed by atoms with Gasteiger partial charge in [0.25, 0.3) is 0 Å². The molecule has 3 aromatic rings. The van der Waals surface area contributed by atoms with Crippen molar-refractivity contribution in [2.45, 2.75) is 6.61 Å². The van der Waals surface area contributed by atoms with E-state index in [2.05, 4.69) is 15.4 Å². The van der Waals surface area contributed by atoms with E-state index in [0.717, 1.165) is 15.8 Å². The molecule has 1 aromatic carbocycles. The Morgan fingerprint density at radius 2 is 2.10 bits per heavy atom. The topological polar surface area (TPSA) is 73.1 Å². The molecule has 0 saturated carbocycles. The van der Waals surface area contributed by atoms with E-state index < -0.39 is 0 Å². The number of hydrogen-bond donors (Lipinski definition) is 2. The molecule has 0 radical (unpaired) electrons. The maximum absolute atomic E-state index is 6.10. The van der Waals surface area contributed by atoms with E-state index in [1.54, 1.807) is 0 Å². The number of rotatable bonds is 4. The fourth-order valence-electron chi connectivity index (χ4n) is 1.76. The van der Waals surface area contributed by atoms with Gasteiger partial charge in [-0.25, -0.2) is 10.8 Å². The molecule has 0 unspecified atom stereocenters. The Hall–Kier alpha value is -1.89. The number of halogens is 1. The van der Waals surface area contributed by atoms with Crippen LogP contribution in [0.2, 0.25) is 5.02 Å². The number of thiophene rings is 1. The number of ether oxygens (including phenoxy) is 1. The molecule has 0 aliphatic heterocycles. The summed E-state index contributed by atoms with van der Waals surface area (Å²) in [6.45, 7) is 0.339. The Morgan fingerprint density at radius 1 is 1.25 bits per heavy atom. The van der Waals surface area contributed by atoms with Crippen molar-refractivity contribution in [3.8, 4) is 5.88 Å². The van der Waals surface area contributed by atoms with Crippen molar-refractivity contribution in [1.82, 2.24) is 9.97 Å². The summed E-state index contributed by atoms with van der Waals surface area (Å²) < 4.78 is 5.76. The van der Waals surface area contributed by atoms with Gasteiger partial charge in [0.05, 0.1) is 5.39 Å². The molecule has 0 spiro atoms. The van der Waals surface area contributed by atoms with Crippen LogP contribution in [0, 0.1) is 0 Å². The molecule has 2 heterocycles. The second-order valence-corrected chi connectivity index (χ2v) is 5.32. The third-order valence-electron chi connectivity index (χ3n) is 2.74. The van der Waals surface area contributed by atoms with Crippen LogP contribution >= 0.6 is 22.9 Å². The number of nitrogen functional groups attached to an aromatic ring is 1. The molecule has 0 atom stereocenters. The van der Waals surface area contributed by atoms with Gasteiger partial charge in [-0.3, -0.25) is 5.43 Å². The van der Waals surface area contributed by atoms with Crippen molar-refractivity contribution < 1.29 is 4.74 Å². The van der Waals surface area contributed by atoms with Crippen molar-refractivity contribution in [1.29, 1.82) is 0 Å². The third-order valence-corrected chi connectivity index (χ3v) is 3.92. The largest absolute Gasteiger partial charge is 0.472 e. The van der Waals surface area contributed by atoms with Crippen molar-refractivity contribution in [2.24, 2.45) is 5.84 Å². The van der Waals surface area contributed by atoms with E-state index in [4.69, 9.17) is 22.2 Å². The summed E-state index contributed by atoms with van der Waals surface area (Å²) in [6.07, 6.45) is 0. The Balaban J connectivity index is 1.90. The molecule has 2 aromatic heterocycles. The summed E-state index contributed by atoms with van der Waals surface area (Å²) in [4.78, 5) is 9.30. The normalized spacial score (nSPS) is 10.7. The molecular weight excluding hydrogens is 296 g/mol. The molecule has 102 valence electrons. The average molecular weight is 307 g/mol. The first-order valence-corrected chi connectivity index (χ1v) is 7.12. The monoisotopic (exact) mass is 306 g/mol. The molecule has 0 aliphatic carbocycles. The van der Waals surface area contributed by atoms with E-state index in [-0.39, 0.29) is 0 Å². The first kappa shape index (κ1) is 13.1. The lowest BCUT2D eigenvalue weighted by Gasteiger charge is -2.09. The Morgan fingerprint density at radius 3 is 2.90 bits per heavy atom. The van der Waals surface area contributed by atoms with Crippen LogP contribution in [0.1, 0.15) is 5.56 Å². The number of nitrogens with two attached hydrogens (primary N) is 1. The quantitative estimate of drug-likeness (QED) is 0.572. The average Bonchev–Trinajstić information content (AvgIpc) is 2.94. The highest BCUT2D eigenvalue weighted by Gasteiger charge is 2.10. The van der Waals surface area contributed by atoms with Crippen molar-refractivity contribution in [3.05, 3.63) is 46.3 Å². The number of aromatic nitrogens is 2. The van der Waals surface area contributed by atoms with Crippen molar-refractivity contribution >= 4 is 39.1 Å². The number of anilines is 1. The lowest BCUT2D eigenvalue weighted by molar-refractivity contribution is 0.298. The summed E-state index contributed by atoms with van der Waals surface area (Å²) in [6, 6.07) is 9.45. The van der Waals surface area contributed by atoms with Gasteiger partial charge in [0, 0.05) is 10.6 Å². The van der Waals surface area contributed by atoms with Gasteiger partial charge in [-0.1, -0.05) is 29.8 Å². The molecule has 0 aliphatic rings. The summed E-state index contributed by atoms with van der Waals surface area (Å²) in [5.41, 5.74) is 3.34. The van der Waals surface area contributed by atoms with Gasteiger partial charge in [0.1, 0.15) is 11.4 Å². The number of nitrogens with one attached hydrogen (secondary N) is 1. The maximum atomic E-state index is 6.10. The minimum absolute atomic E-state index is 0.328. The smallest absolute Gasteiger partial charge is 0.241 e. The molecule has 20 heavy (non-hydrogen) atoms. The Labute approximate surface area is 124 Å². The van der Waals surface area contributed by atoms with Crippen LogP contribution in [0.3, 0.4) is 0 Å². The highest BCUT2D eigenvalue weighted by atomic mass is 35.5. The molecule has 0 amide bonds. The molecule has 0 fully saturated rings. The van der Waals surface area contributed by atoms with Crippen LogP contribution in [0.4, 0.5) is 5.95 Å². The minimum atomic E-state index is 0.328. The number of hydrogen-bond acceptors (Lipinski definition) is 6. The van der Waals surface area contributed by atoms with Crippen molar-refractivity contribution in [2.75, 3.05) is 5.43 Å². The van der Waals surface area contributed by atoms with Crippen LogP contribution in [0.5, 0.6) is 5.88 Å². The highest BCUT2D eigenvalue weighted by molar-refractivity contribution is 7.16. The zero-order valence-electron chi connectivity index (χ0n) is 10.3. The van der Waals surface area contributed by atoms with Crippen molar-refractivity contribution in [3.63, 3.8) is 0 Å². The second-order valence-electron chi connectivity index (χ2n) is 4.02. The van der Waals surface area contributed by atoms with Crippen LogP contribution in [0.15, 0.2) is 35.7 Å². The second kappa shape index (κ2) is 5.62. The van der Waals surface area contributed by atoms with Gasteiger partial charge in [-0.2, -0.15) is 4.98 Å². The van der Waals surface area contributed by atoms with E-state index in [0.29, 0.717) is 23.5 Å². The van der Waals surface area contributed by atoms with Gasteiger partial charge in [0.2, 0.25) is 11.8 Å². The standard InChI is InChI=1S/C13H11ClN4OS/c14-10-4-2-1-3-8(10)7-19-11-9-5-6-20-12(9)17-13(16-11)18-15/h1-6H,7,15H2,(H,16,17,18). The fourth-order valence-corrected chi connectivity index (χ4v) is 2.71. The Bertz CT molecular complexity index is 746.